The van der Waals surface area contributed by atoms with Gasteiger partial charge < -0.3 is 5.32 Å². The Labute approximate surface area is 126 Å². The lowest BCUT2D eigenvalue weighted by atomic mass is 10.3. The Morgan fingerprint density at radius 2 is 2.27 bits per heavy atom. The minimum atomic E-state index is -0.429. The molecule has 0 aliphatic carbocycles. The van der Waals surface area contributed by atoms with Gasteiger partial charge in [-0.05, 0) is 18.2 Å². The molecule has 2 aromatic heterocycles. The summed E-state index contributed by atoms with van der Waals surface area (Å²) in [7, 11) is 0. The fourth-order valence-corrected chi connectivity index (χ4v) is 2.37. The van der Waals surface area contributed by atoms with E-state index in [0.29, 0.717) is 10.8 Å². The summed E-state index contributed by atoms with van der Waals surface area (Å²) in [4.78, 5) is 25.4. The van der Waals surface area contributed by atoms with Gasteiger partial charge in [0, 0.05) is 5.69 Å². The molecule has 1 aromatic carbocycles. The number of aromatic nitrogens is 5. The van der Waals surface area contributed by atoms with E-state index in [1.165, 1.54) is 22.7 Å². The van der Waals surface area contributed by atoms with Gasteiger partial charge in [0.25, 0.3) is 11.3 Å². The van der Waals surface area contributed by atoms with E-state index in [2.05, 4.69) is 25.6 Å². The third-order valence-corrected chi connectivity index (χ3v) is 3.50. The van der Waals surface area contributed by atoms with Crippen molar-refractivity contribution >= 4 is 29.1 Å². The zero-order valence-corrected chi connectivity index (χ0v) is 11.8. The highest BCUT2D eigenvalue weighted by atomic mass is 32.2. The first-order chi connectivity index (χ1) is 10.6. The van der Waals surface area contributed by atoms with Crippen LogP contribution >= 0.6 is 11.8 Å². The van der Waals surface area contributed by atoms with Crippen molar-refractivity contribution in [2.45, 2.75) is 5.16 Å². The van der Waals surface area contributed by atoms with E-state index in [-0.39, 0.29) is 23.0 Å². The molecule has 0 unspecified atom stereocenters. The molecule has 10 heteroatoms. The van der Waals surface area contributed by atoms with Crippen molar-refractivity contribution in [2.75, 3.05) is 11.1 Å². The van der Waals surface area contributed by atoms with Crippen LogP contribution in [0, 0.1) is 5.82 Å². The van der Waals surface area contributed by atoms with Gasteiger partial charge in [-0.2, -0.15) is 9.61 Å². The van der Waals surface area contributed by atoms with Gasteiger partial charge >= 0.3 is 0 Å². The van der Waals surface area contributed by atoms with Crippen molar-refractivity contribution in [2.24, 2.45) is 0 Å². The Bertz CT molecular complexity index is 892. The maximum absolute atomic E-state index is 13.0. The van der Waals surface area contributed by atoms with Crippen LogP contribution in [0.5, 0.6) is 0 Å². The molecule has 0 spiro atoms. The van der Waals surface area contributed by atoms with Gasteiger partial charge in [0.1, 0.15) is 12.0 Å². The first-order valence-corrected chi connectivity index (χ1v) is 7.09. The number of hydrogen-bond acceptors (Lipinski definition) is 6. The fourth-order valence-electron chi connectivity index (χ4n) is 1.68. The SMILES string of the molecule is O=C(CSc1nnc2[nH]c(=O)cnn12)Nc1cccc(F)c1. The normalized spacial score (nSPS) is 10.8. The number of benzene rings is 1. The van der Waals surface area contributed by atoms with Gasteiger partial charge in [-0.15, -0.1) is 10.2 Å². The quantitative estimate of drug-likeness (QED) is 0.685. The number of fused-ring (bicyclic) bond motifs is 1. The molecule has 0 saturated carbocycles. The van der Waals surface area contributed by atoms with Crippen LogP contribution in [0.2, 0.25) is 0 Å². The highest BCUT2D eigenvalue weighted by Crippen LogP contribution is 2.15. The molecule has 0 aliphatic heterocycles. The van der Waals surface area contributed by atoms with Crippen LogP contribution in [-0.4, -0.2) is 36.5 Å². The lowest BCUT2D eigenvalue weighted by Gasteiger charge is -2.04. The zero-order valence-electron chi connectivity index (χ0n) is 11.0. The van der Waals surface area contributed by atoms with E-state index in [1.807, 2.05) is 0 Å². The molecule has 112 valence electrons. The maximum atomic E-state index is 13.0. The smallest absolute Gasteiger partial charge is 0.271 e. The summed E-state index contributed by atoms with van der Waals surface area (Å²) in [6.07, 6.45) is 1.09. The van der Waals surface area contributed by atoms with E-state index in [0.717, 1.165) is 18.0 Å². The topological polar surface area (TPSA) is 105 Å². The Balaban J connectivity index is 1.66. The molecule has 0 saturated heterocycles. The van der Waals surface area contributed by atoms with Crippen molar-refractivity contribution < 1.29 is 9.18 Å². The predicted octanol–water partition coefficient (Wildman–Crippen LogP) is 0.682. The number of aromatic amines is 1. The molecule has 8 nitrogen and oxygen atoms in total. The minimum absolute atomic E-state index is 0.0398. The van der Waals surface area contributed by atoms with Crippen molar-refractivity contribution in [3.05, 3.63) is 46.6 Å². The summed E-state index contributed by atoms with van der Waals surface area (Å²) in [5, 5.41) is 14.4. The van der Waals surface area contributed by atoms with Gasteiger partial charge in [-0.3, -0.25) is 14.6 Å². The predicted molar refractivity (Wildman–Crippen MR) is 77.2 cm³/mol. The summed E-state index contributed by atoms with van der Waals surface area (Å²) >= 11 is 1.09. The molecular weight excluding hydrogens is 311 g/mol. The standard InChI is InChI=1S/C12H9FN6O2S/c13-7-2-1-3-8(4-7)15-10(21)6-22-12-18-17-11-16-9(20)5-14-19(11)12/h1-5H,6H2,(H,15,21)(H,16,17,20). The van der Waals surface area contributed by atoms with Gasteiger partial charge in [-0.25, -0.2) is 4.39 Å². The van der Waals surface area contributed by atoms with E-state index >= 15 is 0 Å². The molecule has 0 aliphatic rings. The Morgan fingerprint density at radius 1 is 1.41 bits per heavy atom. The Kier molecular flexibility index (Phi) is 3.83. The summed E-state index contributed by atoms with van der Waals surface area (Å²) in [6, 6.07) is 5.61. The van der Waals surface area contributed by atoms with Gasteiger partial charge in [-0.1, -0.05) is 17.8 Å². The van der Waals surface area contributed by atoms with Crippen molar-refractivity contribution in [3.63, 3.8) is 0 Å². The van der Waals surface area contributed by atoms with Crippen LogP contribution in [0.3, 0.4) is 0 Å². The van der Waals surface area contributed by atoms with Crippen LogP contribution in [0.4, 0.5) is 10.1 Å². The number of thioether (sulfide) groups is 1. The average molecular weight is 320 g/mol. The van der Waals surface area contributed by atoms with Crippen LogP contribution < -0.4 is 10.9 Å². The van der Waals surface area contributed by atoms with Crippen molar-refractivity contribution in [3.8, 4) is 0 Å². The van der Waals surface area contributed by atoms with E-state index in [1.54, 1.807) is 6.07 Å². The number of carbonyl (C=O) groups excluding carboxylic acids is 1. The molecule has 0 radical (unpaired) electrons. The number of nitrogens with zero attached hydrogens (tertiary/aromatic N) is 4. The molecular formula is C12H9FN6O2S. The van der Waals surface area contributed by atoms with E-state index < -0.39 is 5.82 Å². The second kappa shape index (κ2) is 5.93. The second-order valence-electron chi connectivity index (χ2n) is 4.20. The van der Waals surface area contributed by atoms with E-state index in [9.17, 15) is 14.0 Å². The van der Waals surface area contributed by atoms with Crippen molar-refractivity contribution in [1.82, 2.24) is 24.8 Å². The average Bonchev–Trinajstić information content (AvgIpc) is 2.87. The highest BCUT2D eigenvalue weighted by Gasteiger charge is 2.11. The van der Waals surface area contributed by atoms with Gasteiger partial charge in [0.15, 0.2) is 0 Å². The third kappa shape index (κ3) is 3.11. The highest BCUT2D eigenvalue weighted by molar-refractivity contribution is 7.99. The van der Waals surface area contributed by atoms with Gasteiger partial charge in [0.05, 0.1) is 5.75 Å². The molecule has 2 heterocycles. The minimum Gasteiger partial charge on any atom is -0.325 e. The number of anilines is 1. The van der Waals surface area contributed by atoms with Crippen LogP contribution in [-0.2, 0) is 4.79 Å². The third-order valence-electron chi connectivity index (χ3n) is 2.58. The number of halogens is 1. The summed E-state index contributed by atoms with van der Waals surface area (Å²) in [6.45, 7) is 0. The molecule has 3 rings (SSSR count). The Hall–Kier alpha value is -2.75. The van der Waals surface area contributed by atoms with Gasteiger partial charge in [0.2, 0.25) is 11.1 Å². The number of amides is 1. The Morgan fingerprint density at radius 3 is 3.09 bits per heavy atom. The summed E-state index contributed by atoms with van der Waals surface area (Å²) in [5.41, 5.74) is -0.0144. The van der Waals surface area contributed by atoms with Crippen LogP contribution in [0.25, 0.3) is 5.78 Å². The van der Waals surface area contributed by atoms with E-state index in [4.69, 9.17) is 0 Å². The number of carbonyl (C=O) groups is 1. The lowest BCUT2D eigenvalue weighted by Crippen LogP contribution is -2.15. The van der Waals surface area contributed by atoms with Crippen LogP contribution in [0.1, 0.15) is 0 Å². The number of nitrogens with one attached hydrogen (secondary N) is 2. The number of H-pyrrole nitrogens is 1. The molecule has 2 N–H and O–H groups in total. The molecule has 3 aromatic rings. The maximum Gasteiger partial charge on any atom is 0.271 e. The van der Waals surface area contributed by atoms with Crippen molar-refractivity contribution in [1.29, 1.82) is 0 Å². The summed E-state index contributed by atoms with van der Waals surface area (Å²) in [5.74, 6) is -0.516. The number of rotatable bonds is 4. The fraction of sp³-hybridized carbons (Fsp3) is 0.0833. The lowest BCUT2D eigenvalue weighted by molar-refractivity contribution is -0.113. The molecule has 22 heavy (non-hydrogen) atoms. The zero-order chi connectivity index (χ0) is 15.5. The summed E-state index contributed by atoms with van der Waals surface area (Å²) < 4.78 is 14.3. The number of hydrogen-bond donors (Lipinski definition) is 2. The first kappa shape index (κ1) is 14.2. The molecule has 0 bridgehead atoms. The monoisotopic (exact) mass is 320 g/mol. The first-order valence-electron chi connectivity index (χ1n) is 6.11. The molecule has 0 atom stereocenters. The molecule has 1 amide bonds. The largest absolute Gasteiger partial charge is 0.325 e. The molecule has 0 fully saturated rings. The van der Waals surface area contributed by atoms with Crippen LogP contribution in [0.15, 0.2) is 40.4 Å². The second-order valence-corrected chi connectivity index (χ2v) is 5.14.